The molecule has 5 N–H and O–H groups in total. The van der Waals surface area contributed by atoms with Gasteiger partial charge in [0, 0.05) is 18.7 Å². The second-order valence-corrected chi connectivity index (χ2v) is 2.69. The van der Waals surface area contributed by atoms with Crippen LogP contribution in [0.3, 0.4) is 0 Å². The lowest BCUT2D eigenvalue weighted by atomic mass is 9.98. The number of aliphatic hydroxyl groups is 1. The van der Waals surface area contributed by atoms with Gasteiger partial charge in [-0.15, -0.1) is 0 Å². The molecule has 0 amide bonds. The molecule has 0 rings (SSSR count). The van der Waals surface area contributed by atoms with Gasteiger partial charge in [0.15, 0.2) is 0 Å². The Hall–Kier alpha value is -0.120. The third kappa shape index (κ3) is 4.39. The van der Waals surface area contributed by atoms with Crippen LogP contribution in [0.25, 0.3) is 0 Å². The molecule has 0 aliphatic rings. The van der Waals surface area contributed by atoms with Gasteiger partial charge in [-0.3, -0.25) is 0 Å². The lowest BCUT2D eigenvalue weighted by molar-refractivity contribution is 0.266. The van der Waals surface area contributed by atoms with Crippen LogP contribution in [0.2, 0.25) is 0 Å². The predicted molar refractivity (Wildman–Crippen MR) is 38.0 cm³/mol. The molecule has 1 atom stereocenters. The fraction of sp³-hybridized carbons (Fsp3) is 1.00. The number of rotatable bonds is 4. The molecule has 0 heterocycles. The van der Waals surface area contributed by atoms with Gasteiger partial charge >= 0.3 is 0 Å². The van der Waals surface area contributed by atoms with E-state index in [0.717, 1.165) is 12.8 Å². The van der Waals surface area contributed by atoms with Gasteiger partial charge in [-0.05, 0) is 19.8 Å². The van der Waals surface area contributed by atoms with Gasteiger partial charge in [0.2, 0.25) is 0 Å². The average molecular weight is 132 g/mol. The smallest absolute Gasteiger partial charge is 0.0431 e. The Morgan fingerprint density at radius 2 is 2.11 bits per heavy atom. The molecule has 0 aromatic carbocycles. The van der Waals surface area contributed by atoms with E-state index in [2.05, 4.69) is 0 Å². The van der Waals surface area contributed by atoms with Crippen LogP contribution in [0.4, 0.5) is 0 Å². The van der Waals surface area contributed by atoms with Crippen molar-refractivity contribution in [1.29, 1.82) is 0 Å². The van der Waals surface area contributed by atoms with Crippen molar-refractivity contribution in [3.63, 3.8) is 0 Å². The molecule has 0 bridgehead atoms. The zero-order valence-electron chi connectivity index (χ0n) is 5.93. The normalized spacial score (nSPS) is 17.3. The van der Waals surface area contributed by atoms with Crippen LogP contribution < -0.4 is 11.5 Å². The Kier molecular flexibility index (Phi) is 3.77. The fourth-order valence-corrected chi connectivity index (χ4v) is 0.585. The molecule has 3 heteroatoms. The first kappa shape index (κ1) is 8.88. The van der Waals surface area contributed by atoms with Crippen molar-refractivity contribution in [2.45, 2.75) is 25.3 Å². The summed E-state index contributed by atoms with van der Waals surface area (Å²) >= 11 is 0. The molecule has 0 saturated carbocycles. The van der Waals surface area contributed by atoms with E-state index in [0.29, 0.717) is 6.54 Å². The van der Waals surface area contributed by atoms with Gasteiger partial charge in [0.05, 0.1) is 0 Å². The summed E-state index contributed by atoms with van der Waals surface area (Å²) in [4.78, 5) is 0. The molecule has 0 spiro atoms. The monoisotopic (exact) mass is 132 g/mol. The third-order valence-electron chi connectivity index (χ3n) is 1.37. The Morgan fingerprint density at radius 3 is 2.44 bits per heavy atom. The maximum Gasteiger partial charge on any atom is 0.0431 e. The third-order valence-corrected chi connectivity index (χ3v) is 1.37. The maximum atomic E-state index is 8.43. The average Bonchev–Trinajstić information content (AvgIpc) is 1.84. The molecule has 9 heavy (non-hydrogen) atoms. The Bertz CT molecular complexity index is 73.5. The molecule has 1 unspecified atom stereocenters. The fourth-order valence-electron chi connectivity index (χ4n) is 0.585. The lowest BCUT2D eigenvalue weighted by Gasteiger charge is -2.21. The summed E-state index contributed by atoms with van der Waals surface area (Å²) in [7, 11) is 0. The van der Waals surface area contributed by atoms with Crippen molar-refractivity contribution in [2.75, 3.05) is 13.2 Å². The minimum Gasteiger partial charge on any atom is -0.396 e. The highest BCUT2D eigenvalue weighted by Gasteiger charge is 2.13. The molecule has 56 valence electrons. The Labute approximate surface area is 56.0 Å². The van der Waals surface area contributed by atoms with Gasteiger partial charge in [-0.2, -0.15) is 0 Å². The van der Waals surface area contributed by atoms with Crippen LogP contribution in [0, 0.1) is 0 Å². The van der Waals surface area contributed by atoms with Gasteiger partial charge in [0.25, 0.3) is 0 Å². The van der Waals surface area contributed by atoms with Crippen molar-refractivity contribution >= 4 is 0 Å². The topological polar surface area (TPSA) is 72.3 Å². The van der Waals surface area contributed by atoms with E-state index in [-0.39, 0.29) is 12.1 Å². The largest absolute Gasteiger partial charge is 0.396 e. The quantitative estimate of drug-likeness (QED) is 0.480. The minimum atomic E-state index is -0.289. The van der Waals surface area contributed by atoms with Crippen LogP contribution >= 0.6 is 0 Å². The first-order valence-electron chi connectivity index (χ1n) is 3.22. The molecule has 0 aliphatic carbocycles. The van der Waals surface area contributed by atoms with Gasteiger partial charge < -0.3 is 16.6 Å². The van der Waals surface area contributed by atoms with Crippen molar-refractivity contribution in [2.24, 2.45) is 11.5 Å². The van der Waals surface area contributed by atoms with E-state index < -0.39 is 0 Å². The number of hydrogen-bond donors (Lipinski definition) is 3. The molecule has 0 aromatic heterocycles. The number of hydrogen-bond acceptors (Lipinski definition) is 3. The highest BCUT2D eigenvalue weighted by Crippen LogP contribution is 2.04. The molecular weight excluding hydrogens is 116 g/mol. The molecule has 0 fully saturated rings. The molecular formula is C6H16N2O. The van der Waals surface area contributed by atoms with Crippen molar-refractivity contribution in [3.8, 4) is 0 Å². The minimum absolute atomic E-state index is 0.201. The van der Waals surface area contributed by atoms with Crippen LogP contribution in [0.1, 0.15) is 19.8 Å². The number of aliphatic hydroxyl groups excluding tert-OH is 1. The predicted octanol–water partition coefficient (Wildman–Crippen LogP) is -0.565. The van der Waals surface area contributed by atoms with E-state index in [1.54, 1.807) is 0 Å². The van der Waals surface area contributed by atoms with Gasteiger partial charge in [-0.1, -0.05) is 0 Å². The standard InChI is InChI=1S/C6H16N2O/c1-6(8,5-7)3-2-4-9/h9H,2-5,7-8H2,1H3. The van der Waals surface area contributed by atoms with Crippen LogP contribution in [-0.2, 0) is 0 Å². The van der Waals surface area contributed by atoms with Crippen LogP contribution in [0.5, 0.6) is 0 Å². The van der Waals surface area contributed by atoms with E-state index in [4.69, 9.17) is 16.6 Å². The first-order valence-corrected chi connectivity index (χ1v) is 3.22. The summed E-state index contributed by atoms with van der Waals surface area (Å²) < 4.78 is 0. The van der Waals surface area contributed by atoms with Crippen molar-refractivity contribution in [1.82, 2.24) is 0 Å². The van der Waals surface area contributed by atoms with E-state index in [1.165, 1.54) is 0 Å². The van der Waals surface area contributed by atoms with Gasteiger partial charge in [0.1, 0.15) is 0 Å². The second-order valence-electron chi connectivity index (χ2n) is 2.69. The summed E-state index contributed by atoms with van der Waals surface area (Å²) in [5.41, 5.74) is 10.7. The zero-order valence-corrected chi connectivity index (χ0v) is 5.93. The highest BCUT2D eigenvalue weighted by molar-refractivity contribution is 4.78. The molecule has 3 nitrogen and oxygen atoms in total. The molecule has 0 radical (unpaired) electrons. The van der Waals surface area contributed by atoms with Crippen molar-refractivity contribution in [3.05, 3.63) is 0 Å². The summed E-state index contributed by atoms with van der Waals surface area (Å²) in [6.07, 6.45) is 1.53. The molecule has 0 saturated heterocycles. The van der Waals surface area contributed by atoms with E-state index in [9.17, 15) is 0 Å². The maximum absolute atomic E-state index is 8.43. The summed E-state index contributed by atoms with van der Waals surface area (Å²) in [6.45, 7) is 2.57. The van der Waals surface area contributed by atoms with Crippen LogP contribution in [0.15, 0.2) is 0 Å². The van der Waals surface area contributed by atoms with Gasteiger partial charge in [-0.25, -0.2) is 0 Å². The second kappa shape index (κ2) is 3.82. The Morgan fingerprint density at radius 1 is 1.56 bits per heavy atom. The SMILES string of the molecule is CC(N)(CN)CCCO. The Balaban J connectivity index is 3.33. The highest BCUT2D eigenvalue weighted by atomic mass is 16.2. The molecule has 0 aliphatic heterocycles. The van der Waals surface area contributed by atoms with E-state index >= 15 is 0 Å². The summed E-state index contributed by atoms with van der Waals surface area (Å²) in [5, 5.41) is 8.43. The van der Waals surface area contributed by atoms with E-state index in [1.807, 2.05) is 6.92 Å². The lowest BCUT2D eigenvalue weighted by Crippen LogP contribution is -2.43. The number of nitrogens with two attached hydrogens (primary N) is 2. The first-order chi connectivity index (χ1) is 4.12. The molecule has 0 aromatic rings. The van der Waals surface area contributed by atoms with Crippen LogP contribution in [-0.4, -0.2) is 23.8 Å². The zero-order chi connectivity index (χ0) is 7.33. The summed E-state index contributed by atoms with van der Waals surface area (Å²) in [6, 6.07) is 0. The summed E-state index contributed by atoms with van der Waals surface area (Å²) in [5.74, 6) is 0. The van der Waals surface area contributed by atoms with Crippen molar-refractivity contribution < 1.29 is 5.11 Å².